The van der Waals surface area contributed by atoms with Gasteiger partial charge in [0.2, 0.25) is 0 Å². The zero-order chi connectivity index (χ0) is 17.1. The van der Waals surface area contributed by atoms with Crippen LogP contribution in [0.4, 0.5) is 0 Å². The lowest BCUT2D eigenvalue weighted by atomic mass is 10.1. The fourth-order valence-corrected chi connectivity index (χ4v) is 2.41. The maximum absolute atomic E-state index is 12.1. The molecule has 1 aliphatic rings. The number of esters is 1. The minimum Gasteiger partial charge on any atom is -0.493 e. The maximum Gasteiger partial charge on any atom is 0.344 e. The Hall–Kier alpha value is -3.13. The molecule has 0 radical (unpaired) electrons. The summed E-state index contributed by atoms with van der Waals surface area (Å²) in [6, 6.07) is 6.48. The molecule has 0 saturated heterocycles. The van der Waals surface area contributed by atoms with E-state index in [1.54, 1.807) is 24.3 Å². The van der Waals surface area contributed by atoms with Gasteiger partial charge in [0.25, 0.3) is 5.91 Å². The molecule has 2 heterocycles. The molecule has 0 bridgehead atoms. The highest BCUT2D eigenvalue weighted by atomic mass is 16.6. The van der Waals surface area contributed by atoms with Crippen LogP contribution >= 0.6 is 0 Å². The van der Waals surface area contributed by atoms with Gasteiger partial charge in [-0.05, 0) is 24.3 Å². The van der Waals surface area contributed by atoms with Crippen molar-refractivity contribution >= 4 is 11.9 Å². The van der Waals surface area contributed by atoms with Crippen LogP contribution in [0.2, 0.25) is 0 Å². The summed E-state index contributed by atoms with van der Waals surface area (Å²) in [5.41, 5.74) is 6.44. The van der Waals surface area contributed by atoms with E-state index < -0.39 is 12.2 Å². The molecule has 2 aromatic rings. The number of hydrogen-bond donors (Lipinski definition) is 2. The topological polar surface area (TPSA) is 98.8 Å². The molecule has 1 aromatic heterocycles. The Labute approximate surface area is 137 Å². The zero-order valence-corrected chi connectivity index (χ0v) is 13.0. The number of carbonyl (C=O) groups excluding carboxylic acids is 2. The highest BCUT2D eigenvalue weighted by molar-refractivity contribution is 5.98. The van der Waals surface area contributed by atoms with Gasteiger partial charge in [0.1, 0.15) is 5.56 Å². The van der Waals surface area contributed by atoms with E-state index in [-0.39, 0.29) is 11.5 Å². The number of nitrogens with zero attached hydrogens (tertiary/aromatic N) is 1. The van der Waals surface area contributed by atoms with Gasteiger partial charge >= 0.3 is 5.97 Å². The van der Waals surface area contributed by atoms with Crippen LogP contribution in [0.15, 0.2) is 36.7 Å². The molecule has 0 fully saturated rings. The van der Waals surface area contributed by atoms with Crippen LogP contribution in [-0.4, -0.2) is 31.1 Å². The number of pyridine rings is 1. The van der Waals surface area contributed by atoms with E-state index in [9.17, 15) is 9.59 Å². The van der Waals surface area contributed by atoms with Gasteiger partial charge in [-0.2, -0.15) is 5.43 Å². The molecule has 0 saturated carbocycles. The SMILES string of the molecule is COc1ccc2c(c1OC)C(=O)OC2NNC(=O)c1ccncc1. The molecular weight excluding hydrogens is 314 g/mol. The van der Waals surface area contributed by atoms with E-state index in [0.29, 0.717) is 22.6 Å². The average molecular weight is 329 g/mol. The first kappa shape index (κ1) is 15.8. The Kier molecular flexibility index (Phi) is 4.30. The van der Waals surface area contributed by atoms with Crippen molar-refractivity contribution in [2.24, 2.45) is 0 Å². The highest BCUT2D eigenvalue weighted by Gasteiger charge is 2.36. The second kappa shape index (κ2) is 6.55. The van der Waals surface area contributed by atoms with Gasteiger partial charge in [0.15, 0.2) is 17.7 Å². The number of ether oxygens (including phenoxy) is 3. The summed E-state index contributed by atoms with van der Waals surface area (Å²) in [5, 5.41) is 0. The predicted molar refractivity (Wildman–Crippen MR) is 82.5 cm³/mol. The molecule has 1 atom stereocenters. The van der Waals surface area contributed by atoms with Crippen LogP contribution in [0, 0.1) is 0 Å². The maximum atomic E-state index is 12.1. The average Bonchev–Trinajstić information content (AvgIpc) is 2.95. The number of rotatable bonds is 5. The Morgan fingerprint density at radius 2 is 1.92 bits per heavy atom. The van der Waals surface area contributed by atoms with Gasteiger partial charge in [-0.25, -0.2) is 4.79 Å². The monoisotopic (exact) mass is 329 g/mol. The van der Waals surface area contributed by atoms with Gasteiger partial charge in [-0.1, -0.05) is 0 Å². The van der Waals surface area contributed by atoms with Gasteiger partial charge in [0.05, 0.1) is 14.2 Å². The quantitative estimate of drug-likeness (QED) is 0.628. The molecule has 0 spiro atoms. The Morgan fingerprint density at radius 1 is 1.17 bits per heavy atom. The molecule has 1 aromatic carbocycles. The Morgan fingerprint density at radius 3 is 2.58 bits per heavy atom. The zero-order valence-electron chi connectivity index (χ0n) is 13.0. The molecule has 1 aliphatic heterocycles. The number of fused-ring (bicyclic) bond motifs is 1. The summed E-state index contributed by atoms with van der Waals surface area (Å²) in [7, 11) is 2.92. The van der Waals surface area contributed by atoms with Crippen molar-refractivity contribution < 1.29 is 23.8 Å². The van der Waals surface area contributed by atoms with Crippen molar-refractivity contribution in [1.29, 1.82) is 0 Å². The molecular formula is C16H15N3O5. The lowest BCUT2D eigenvalue weighted by Gasteiger charge is -2.14. The Balaban J connectivity index is 1.79. The van der Waals surface area contributed by atoms with E-state index in [1.807, 2.05) is 0 Å². The van der Waals surface area contributed by atoms with Crippen molar-refractivity contribution in [3.05, 3.63) is 53.3 Å². The molecule has 124 valence electrons. The molecule has 3 rings (SSSR count). The molecule has 8 heteroatoms. The molecule has 2 N–H and O–H groups in total. The van der Waals surface area contributed by atoms with E-state index in [1.165, 1.54) is 26.6 Å². The van der Waals surface area contributed by atoms with Crippen molar-refractivity contribution in [3.63, 3.8) is 0 Å². The summed E-state index contributed by atoms with van der Waals surface area (Å²) in [6.07, 6.45) is 2.20. The number of hydrazine groups is 1. The number of amides is 1. The number of cyclic esters (lactones) is 1. The summed E-state index contributed by atoms with van der Waals surface area (Å²) in [5.74, 6) is -0.210. The van der Waals surface area contributed by atoms with Gasteiger partial charge in [0, 0.05) is 23.5 Å². The molecule has 1 unspecified atom stereocenters. The van der Waals surface area contributed by atoms with Crippen molar-refractivity contribution in [2.45, 2.75) is 6.23 Å². The van der Waals surface area contributed by atoms with Crippen LogP contribution in [0.3, 0.4) is 0 Å². The normalized spacial score (nSPS) is 15.4. The van der Waals surface area contributed by atoms with Gasteiger partial charge in [-0.15, -0.1) is 0 Å². The summed E-state index contributed by atoms with van der Waals surface area (Å²) < 4.78 is 15.7. The van der Waals surface area contributed by atoms with Gasteiger partial charge < -0.3 is 14.2 Å². The predicted octanol–water partition coefficient (Wildman–Crippen LogP) is 1.20. The largest absolute Gasteiger partial charge is 0.493 e. The standard InChI is InChI=1S/C16H15N3O5/c1-22-11-4-3-10-12(13(11)23-2)16(21)24-15(10)19-18-14(20)9-5-7-17-8-6-9/h3-8,15,19H,1-2H3,(H,18,20). The lowest BCUT2D eigenvalue weighted by Crippen LogP contribution is -2.40. The summed E-state index contributed by atoms with van der Waals surface area (Å²) in [4.78, 5) is 28.0. The van der Waals surface area contributed by atoms with E-state index in [2.05, 4.69) is 15.8 Å². The van der Waals surface area contributed by atoms with Crippen molar-refractivity contribution in [3.8, 4) is 11.5 Å². The summed E-state index contributed by atoms with van der Waals surface area (Å²) in [6.45, 7) is 0. The third-order valence-corrected chi connectivity index (χ3v) is 3.55. The van der Waals surface area contributed by atoms with Crippen LogP contribution in [0.5, 0.6) is 11.5 Å². The fourth-order valence-electron chi connectivity index (χ4n) is 2.41. The molecule has 0 aliphatic carbocycles. The van der Waals surface area contributed by atoms with Gasteiger partial charge in [-0.3, -0.25) is 15.2 Å². The highest BCUT2D eigenvalue weighted by Crippen LogP contribution is 2.40. The molecule has 1 amide bonds. The number of hydrogen-bond acceptors (Lipinski definition) is 7. The smallest absolute Gasteiger partial charge is 0.344 e. The van der Waals surface area contributed by atoms with Crippen LogP contribution in [0.25, 0.3) is 0 Å². The number of methoxy groups -OCH3 is 2. The number of carbonyl (C=O) groups is 2. The minimum absolute atomic E-state index is 0.271. The molecule has 24 heavy (non-hydrogen) atoms. The molecule has 8 nitrogen and oxygen atoms in total. The Bertz CT molecular complexity index is 779. The van der Waals surface area contributed by atoms with E-state index in [4.69, 9.17) is 14.2 Å². The summed E-state index contributed by atoms with van der Waals surface area (Å²) >= 11 is 0. The second-order valence-electron chi connectivity index (χ2n) is 4.88. The second-order valence-corrected chi connectivity index (χ2v) is 4.88. The van der Waals surface area contributed by atoms with Crippen LogP contribution < -0.4 is 20.3 Å². The lowest BCUT2D eigenvalue weighted by molar-refractivity contribution is 0.0260. The first-order valence-electron chi connectivity index (χ1n) is 7.07. The third kappa shape index (κ3) is 2.74. The number of nitrogens with one attached hydrogen (secondary N) is 2. The number of benzene rings is 1. The van der Waals surface area contributed by atoms with Crippen LogP contribution in [-0.2, 0) is 4.74 Å². The minimum atomic E-state index is -0.821. The fraction of sp³-hybridized carbons (Fsp3) is 0.188. The first-order chi connectivity index (χ1) is 11.7. The first-order valence-corrected chi connectivity index (χ1v) is 7.07. The van der Waals surface area contributed by atoms with Crippen LogP contribution in [0.1, 0.15) is 32.5 Å². The van der Waals surface area contributed by atoms with E-state index >= 15 is 0 Å². The van der Waals surface area contributed by atoms with Crippen molar-refractivity contribution in [1.82, 2.24) is 15.8 Å². The third-order valence-electron chi connectivity index (χ3n) is 3.55. The van der Waals surface area contributed by atoms with E-state index in [0.717, 1.165) is 0 Å². The van der Waals surface area contributed by atoms with Crippen molar-refractivity contribution in [2.75, 3.05) is 14.2 Å². The number of aromatic nitrogens is 1.